The van der Waals surface area contributed by atoms with E-state index in [1.165, 1.54) is 8.73 Å². The van der Waals surface area contributed by atoms with Gasteiger partial charge in [0.2, 0.25) is 0 Å². The zero-order valence-electron chi connectivity index (χ0n) is 7.31. The molecule has 0 amide bonds. The van der Waals surface area contributed by atoms with E-state index in [2.05, 4.69) is 33.8 Å². The van der Waals surface area contributed by atoms with Crippen LogP contribution in [0.5, 0.6) is 0 Å². The topological polar surface area (TPSA) is 23.8 Å². The zero-order chi connectivity index (χ0) is 8.20. The summed E-state index contributed by atoms with van der Waals surface area (Å²) >= 11 is -1.18. The number of rotatable bonds is 3. The van der Waals surface area contributed by atoms with Crippen LogP contribution in [0.3, 0.4) is 0 Å². The van der Waals surface area contributed by atoms with Crippen LogP contribution in [0, 0.1) is 11.3 Å². The van der Waals surface area contributed by atoms with Crippen LogP contribution in [0.25, 0.3) is 0 Å². The normalized spacial score (nSPS) is 11.6. The molecule has 0 aliphatic carbocycles. The first-order valence-electron chi connectivity index (χ1n) is 3.74. The predicted molar refractivity (Wildman–Crippen MR) is 46.4 cm³/mol. The van der Waals surface area contributed by atoms with Crippen LogP contribution in [-0.4, -0.2) is 20.2 Å². The molecule has 2 heteroatoms. The van der Waals surface area contributed by atoms with Crippen molar-refractivity contribution in [3.8, 4) is 6.07 Å². The first kappa shape index (κ1) is 10.3. The van der Waals surface area contributed by atoms with Crippen LogP contribution in [0.2, 0.25) is 12.1 Å². The zero-order valence-corrected chi connectivity index (χ0v) is 9.86. The molecule has 0 N–H and O–H groups in total. The average Bonchev–Trinajstić information content (AvgIpc) is 1.90. The molecule has 0 aromatic carbocycles. The molecule has 0 unspecified atom stereocenters. The monoisotopic (exact) mass is 247 g/mol. The number of nitrogens with zero attached hydrogens (tertiary/aromatic N) is 1. The van der Waals surface area contributed by atoms with Crippen LogP contribution in [0.1, 0.15) is 27.7 Å². The first-order valence-corrected chi connectivity index (χ1v) is 8.63. The van der Waals surface area contributed by atoms with Crippen LogP contribution in [-0.2, 0) is 0 Å². The number of hydrogen-bond donors (Lipinski definition) is 0. The number of hydrogen-bond acceptors (Lipinski definition) is 1. The summed E-state index contributed by atoms with van der Waals surface area (Å²) in [6, 6.07) is 2.42. The van der Waals surface area contributed by atoms with Gasteiger partial charge in [0.05, 0.1) is 0 Å². The van der Waals surface area contributed by atoms with Gasteiger partial charge in [0.25, 0.3) is 0 Å². The molecule has 0 aromatic heterocycles. The summed E-state index contributed by atoms with van der Waals surface area (Å²) in [5, 5.41) is 8.82. The molecule has 0 aromatic rings. The van der Waals surface area contributed by atoms with Gasteiger partial charge in [-0.1, -0.05) is 0 Å². The van der Waals surface area contributed by atoms with E-state index in [9.17, 15) is 0 Å². The van der Waals surface area contributed by atoms with Crippen molar-refractivity contribution in [2.75, 3.05) is 0 Å². The second-order valence-electron chi connectivity index (χ2n) is 2.84. The van der Waals surface area contributed by atoms with Gasteiger partial charge >= 0.3 is 71.3 Å². The molecule has 0 fully saturated rings. The minimum absolute atomic E-state index is 0.0479. The second kappa shape index (κ2) is 4.24. The molecule has 1 nitrogen and oxygen atoms in total. The fraction of sp³-hybridized carbons (Fsp3) is 0.875. The Kier molecular flexibility index (Phi) is 4.37. The summed E-state index contributed by atoms with van der Waals surface area (Å²) in [6.45, 7) is 8.66. The second-order valence-corrected chi connectivity index (χ2v) is 12.7. The Morgan fingerprint density at radius 1 is 1.30 bits per heavy atom. The van der Waals surface area contributed by atoms with E-state index >= 15 is 0 Å². The van der Waals surface area contributed by atoms with Crippen molar-refractivity contribution < 1.29 is 0 Å². The number of nitriles is 1. The molecule has 0 aliphatic heterocycles. The summed E-state index contributed by atoms with van der Waals surface area (Å²) < 4.78 is 2.63. The van der Waals surface area contributed by atoms with Gasteiger partial charge in [-0.15, -0.1) is 0 Å². The van der Waals surface area contributed by atoms with E-state index in [0.29, 0.717) is 0 Å². The van der Waals surface area contributed by atoms with Crippen molar-refractivity contribution >= 4 is 20.2 Å². The van der Waals surface area contributed by atoms with E-state index in [1.807, 2.05) is 0 Å². The van der Waals surface area contributed by atoms with Gasteiger partial charge < -0.3 is 0 Å². The third-order valence-electron chi connectivity index (χ3n) is 1.83. The molecule has 0 radical (unpaired) electrons. The van der Waals surface area contributed by atoms with E-state index in [-0.39, 0.29) is 3.36 Å². The van der Waals surface area contributed by atoms with Crippen molar-refractivity contribution in [1.82, 2.24) is 0 Å². The Bertz CT molecular complexity index is 131. The molecule has 0 saturated carbocycles. The summed E-state index contributed by atoms with van der Waals surface area (Å²) in [5.74, 6) is 0. The molecular formula is C8H16NSb. The van der Waals surface area contributed by atoms with Crippen molar-refractivity contribution in [2.24, 2.45) is 0 Å². The van der Waals surface area contributed by atoms with Crippen molar-refractivity contribution in [3.05, 3.63) is 0 Å². The van der Waals surface area contributed by atoms with Crippen LogP contribution in [0.4, 0.5) is 0 Å². The molecule has 0 bridgehead atoms. The van der Waals surface area contributed by atoms with Gasteiger partial charge in [-0.3, -0.25) is 0 Å². The van der Waals surface area contributed by atoms with E-state index < -0.39 is 20.2 Å². The molecule has 58 valence electrons. The SMILES string of the molecule is C[CH2][Sb]([CH2]C)[C](C)(C)C#N. The van der Waals surface area contributed by atoms with Crippen LogP contribution in [0.15, 0.2) is 0 Å². The minimum atomic E-state index is -1.18. The molecule has 0 aliphatic rings. The summed E-state index contributed by atoms with van der Waals surface area (Å²) in [6.07, 6.45) is 0. The quantitative estimate of drug-likeness (QED) is 0.704. The molecule has 10 heavy (non-hydrogen) atoms. The third kappa shape index (κ3) is 2.51. The standard InChI is InChI=1S/C4H6N.2C2H5.Sb/c1-4(2)3-5;2*1-2;/h1-2H3;2*1H2,2H3;. The van der Waals surface area contributed by atoms with Crippen molar-refractivity contribution in [3.63, 3.8) is 0 Å². The summed E-state index contributed by atoms with van der Waals surface area (Å²) in [4.78, 5) is 0. The maximum atomic E-state index is 8.82. The average molecular weight is 248 g/mol. The predicted octanol–water partition coefficient (Wildman–Crippen LogP) is 2.82. The fourth-order valence-electron chi connectivity index (χ4n) is 1.08. The molecular weight excluding hydrogens is 232 g/mol. The van der Waals surface area contributed by atoms with Gasteiger partial charge in [-0.2, -0.15) is 0 Å². The molecule has 0 spiro atoms. The van der Waals surface area contributed by atoms with E-state index in [1.54, 1.807) is 0 Å². The molecule has 0 rings (SSSR count). The Morgan fingerprint density at radius 2 is 1.70 bits per heavy atom. The van der Waals surface area contributed by atoms with E-state index in [0.717, 1.165) is 0 Å². The maximum absolute atomic E-state index is 8.82. The van der Waals surface area contributed by atoms with E-state index in [4.69, 9.17) is 5.26 Å². The summed E-state index contributed by atoms with van der Waals surface area (Å²) in [7, 11) is 0. The molecule has 0 saturated heterocycles. The Morgan fingerprint density at radius 3 is 1.80 bits per heavy atom. The molecule has 0 atom stereocenters. The Labute approximate surface area is 71.4 Å². The molecule has 0 heterocycles. The Hall–Kier alpha value is 0.308. The van der Waals surface area contributed by atoms with Gasteiger partial charge in [-0.25, -0.2) is 0 Å². The van der Waals surface area contributed by atoms with Crippen LogP contribution < -0.4 is 0 Å². The van der Waals surface area contributed by atoms with Crippen molar-refractivity contribution in [2.45, 2.75) is 39.8 Å². The summed E-state index contributed by atoms with van der Waals surface area (Å²) in [5.41, 5.74) is 0. The third-order valence-corrected chi connectivity index (χ3v) is 11.0. The van der Waals surface area contributed by atoms with Gasteiger partial charge in [0.1, 0.15) is 0 Å². The van der Waals surface area contributed by atoms with Crippen LogP contribution >= 0.6 is 0 Å². The van der Waals surface area contributed by atoms with Gasteiger partial charge in [0, 0.05) is 0 Å². The Balaban J connectivity index is 4.15. The van der Waals surface area contributed by atoms with Gasteiger partial charge in [-0.05, 0) is 0 Å². The fourth-order valence-corrected chi connectivity index (χ4v) is 7.28. The first-order chi connectivity index (χ1) is 4.58. The van der Waals surface area contributed by atoms with Crippen molar-refractivity contribution in [1.29, 1.82) is 5.26 Å². The van der Waals surface area contributed by atoms with Gasteiger partial charge in [0.15, 0.2) is 0 Å².